The molecule has 2 N–H and O–H groups in total. The molecular formula is C15H23FN2. The Labute approximate surface area is 109 Å². The van der Waals surface area contributed by atoms with E-state index < -0.39 is 0 Å². The van der Waals surface area contributed by atoms with Crippen LogP contribution in [0, 0.1) is 11.7 Å². The standard InChI is InChI=1S/C15H23FN2/c1-3-14(17)15(18(2)10-11-7-8-11)12-5-4-6-13(16)9-12/h4-6,9,11,14-15H,3,7-8,10,17H2,1-2H3. The highest BCUT2D eigenvalue weighted by Crippen LogP contribution is 2.33. The van der Waals surface area contributed by atoms with Gasteiger partial charge in [0.1, 0.15) is 5.82 Å². The quantitative estimate of drug-likeness (QED) is 0.841. The maximum Gasteiger partial charge on any atom is 0.123 e. The highest BCUT2D eigenvalue weighted by atomic mass is 19.1. The van der Waals surface area contributed by atoms with Gasteiger partial charge in [0.15, 0.2) is 0 Å². The number of hydrogen-bond donors (Lipinski definition) is 1. The molecule has 0 heterocycles. The number of halogens is 1. The van der Waals surface area contributed by atoms with Gasteiger partial charge in [0, 0.05) is 18.6 Å². The van der Waals surface area contributed by atoms with Gasteiger partial charge in [0.2, 0.25) is 0 Å². The van der Waals surface area contributed by atoms with Gasteiger partial charge in [-0.25, -0.2) is 4.39 Å². The van der Waals surface area contributed by atoms with Gasteiger partial charge in [-0.15, -0.1) is 0 Å². The molecule has 2 rings (SSSR count). The minimum absolute atomic E-state index is 0.0514. The minimum atomic E-state index is -0.180. The first-order chi connectivity index (χ1) is 8.61. The van der Waals surface area contributed by atoms with Gasteiger partial charge in [-0.05, 0) is 49.9 Å². The van der Waals surface area contributed by atoms with Crippen LogP contribution in [0.1, 0.15) is 37.8 Å². The highest BCUT2D eigenvalue weighted by molar-refractivity contribution is 5.22. The first kappa shape index (κ1) is 13.5. The van der Waals surface area contributed by atoms with Crippen LogP contribution in [-0.2, 0) is 0 Å². The third kappa shape index (κ3) is 3.30. The second-order valence-corrected chi connectivity index (χ2v) is 5.45. The summed E-state index contributed by atoms with van der Waals surface area (Å²) in [4.78, 5) is 2.29. The van der Waals surface area contributed by atoms with Crippen LogP contribution in [0.3, 0.4) is 0 Å². The lowest BCUT2D eigenvalue weighted by molar-refractivity contribution is 0.201. The van der Waals surface area contributed by atoms with Crippen molar-refractivity contribution >= 4 is 0 Å². The summed E-state index contributed by atoms with van der Waals surface area (Å²) >= 11 is 0. The number of likely N-dealkylation sites (N-methyl/N-ethyl adjacent to an activating group) is 1. The van der Waals surface area contributed by atoms with Crippen molar-refractivity contribution < 1.29 is 4.39 Å². The fourth-order valence-electron chi connectivity index (χ4n) is 2.56. The smallest absolute Gasteiger partial charge is 0.123 e. The summed E-state index contributed by atoms with van der Waals surface area (Å²) in [6.45, 7) is 3.15. The largest absolute Gasteiger partial charge is 0.326 e. The SMILES string of the molecule is CCC(N)C(c1cccc(F)c1)N(C)CC1CC1. The predicted octanol–water partition coefficient (Wildman–Crippen LogP) is 2.95. The molecule has 100 valence electrons. The summed E-state index contributed by atoms with van der Waals surface area (Å²) in [6.07, 6.45) is 3.54. The summed E-state index contributed by atoms with van der Waals surface area (Å²) < 4.78 is 13.4. The van der Waals surface area contributed by atoms with E-state index in [1.54, 1.807) is 12.1 Å². The maximum absolute atomic E-state index is 13.4. The van der Waals surface area contributed by atoms with Gasteiger partial charge < -0.3 is 5.73 Å². The van der Waals surface area contributed by atoms with E-state index in [9.17, 15) is 4.39 Å². The van der Waals surface area contributed by atoms with E-state index in [0.29, 0.717) is 0 Å². The Morgan fingerprint density at radius 1 is 1.44 bits per heavy atom. The maximum atomic E-state index is 13.4. The Morgan fingerprint density at radius 3 is 2.72 bits per heavy atom. The average Bonchev–Trinajstić information content (AvgIpc) is 3.13. The summed E-state index contributed by atoms with van der Waals surface area (Å²) in [5.74, 6) is 0.635. The monoisotopic (exact) mass is 250 g/mol. The zero-order valence-electron chi connectivity index (χ0n) is 11.3. The van der Waals surface area contributed by atoms with Crippen molar-refractivity contribution in [2.75, 3.05) is 13.6 Å². The molecule has 0 saturated heterocycles. The summed E-state index contributed by atoms with van der Waals surface area (Å²) in [7, 11) is 2.10. The summed E-state index contributed by atoms with van der Waals surface area (Å²) in [5, 5.41) is 0. The van der Waals surface area contributed by atoms with Crippen LogP contribution in [-0.4, -0.2) is 24.5 Å². The van der Waals surface area contributed by atoms with Gasteiger partial charge in [-0.1, -0.05) is 19.1 Å². The molecule has 0 spiro atoms. The van der Waals surface area contributed by atoms with Crippen LogP contribution in [0.2, 0.25) is 0 Å². The van der Waals surface area contributed by atoms with Gasteiger partial charge >= 0.3 is 0 Å². The van der Waals surface area contributed by atoms with E-state index in [2.05, 4.69) is 18.9 Å². The van der Waals surface area contributed by atoms with Gasteiger partial charge in [-0.3, -0.25) is 4.90 Å². The molecule has 0 amide bonds. The molecule has 1 aromatic carbocycles. The van der Waals surface area contributed by atoms with E-state index in [4.69, 9.17) is 5.73 Å². The van der Waals surface area contributed by atoms with E-state index in [-0.39, 0.29) is 17.9 Å². The van der Waals surface area contributed by atoms with Crippen LogP contribution >= 0.6 is 0 Å². The number of rotatable bonds is 6. The Hall–Kier alpha value is -0.930. The Balaban J connectivity index is 2.17. The van der Waals surface area contributed by atoms with Gasteiger partial charge in [0.25, 0.3) is 0 Å². The second kappa shape index (κ2) is 5.81. The molecule has 18 heavy (non-hydrogen) atoms. The molecule has 0 aromatic heterocycles. The third-order valence-electron chi connectivity index (χ3n) is 3.79. The fraction of sp³-hybridized carbons (Fsp3) is 0.600. The van der Waals surface area contributed by atoms with Crippen LogP contribution in [0.5, 0.6) is 0 Å². The molecule has 2 nitrogen and oxygen atoms in total. The van der Waals surface area contributed by atoms with Crippen molar-refractivity contribution in [1.82, 2.24) is 4.90 Å². The first-order valence-electron chi connectivity index (χ1n) is 6.83. The number of nitrogens with zero attached hydrogens (tertiary/aromatic N) is 1. The lowest BCUT2D eigenvalue weighted by Crippen LogP contribution is -2.39. The Kier molecular flexibility index (Phi) is 4.36. The molecule has 2 atom stereocenters. The molecule has 0 radical (unpaired) electrons. The Morgan fingerprint density at radius 2 is 2.17 bits per heavy atom. The van der Waals surface area contributed by atoms with Gasteiger partial charge in [-0.2, -0.15) is 0 Å². The number of nitrogens with two attached hydrogens (primary N) is 1. The lowest BCUT2D eigenvalue weighted by atomic mass is 9.96. The second-order valence-electron chi connectivity index (χ2n) is 5.45. The van der Waals surface area contributed by atoms with E-state index in [1.165, 1.54) is 18.9 Å². The summed E-state index contributed by atoms with van der Waals surface area (Å²) in [6, 6.07) is 7.02. The van der Waals surface area contributed by atoms with Gasteiger partial charge in [0.05, 0.1) is 0 Å². The molecule has 2 unspecified atom stereocenters. The van der Waals surface area contributed by atoms with E-state index in [1.807, 2.05) is 6.07 Å². The number of benzene rings is 1. The molecule has 1 fully saturated rings. The molecule has 1 saturated carbocycles. The molecular weight excluding hydrogens is 227 g/mol. The van der Waals surface area contributed by atoms with Crippen molar-refractivity contribution in [2.24, 2.45) is 11.7 Å². The van der Waals surface area contributed by atoms with Crippen LogP contribution in [0.15, 0.2) is 24.3 Å². The average molecular weight is 250 g/mol. The highest BCUT2D eigenvalue weighted by Gasteiger charge is 2.29. The van der Waals surface area contributed by atoms with Crippen molar-refractivity contribution in [1.29, 1.82) is 0 Å². The molecule has 0 bridgehead atoms. The van der Waals surface area contributed by atoms with Crippen LogP contribution in [0.25, 0.3) is 0 Å². The molecule has 3 heteroatoms. The molecule has 1 aliphatic carbocycles. The van der Waals surface area contributed by atoms with Crippen molar-refractivity contribution in [3.63, 3.8) is 0 Å². The fourth-order valence-corrected chi connectivity index (χ4v) is 2.56. The minimum Gasteiger partial charge on any atom is -0.326 e. The lowest BCUT2D eigenvalue weighted by Gasteiger charge is -2.33. The molecule has 0 aliphatic heterocycles. The van der Waals surface area contributed by atoms with Crippen LogP contribution in [0.4, 0.5) is 4.39 Å². The van der Waals surface area contributed by atoms with E-state index in [0.717, 1.165) is 24.4 Å². The predicted molar refractivity (Wildman–Crippen MR) is 72.8 cm³/mol. The van der Waals surface area contributed by atoms with E-state index >= 15 is 0 Å². The zero-order chi connectivity index (χ0) is 13.1. The zero-order valence-corrected chi connectivity index (χ0v) is 11.3. The Bertz CT molecular complexity index is 390. The van der Waals surface area contributed by atoms with Crippen molar-refractivity contribution in [3.05, 3.63) is 35.6 Å². The summed E-state index contributed by atoms with van der Waals surface area (Å²) in [5.41, 5.74) is 7.23. The third-order valence-corrected chi connectivity index (χ3v) is 3.79. The van der Waals surface area contributed by atoms with Crippen LogP contribution < -0.4 is 5.73 Å². The number of hydrogen-bond acceptors (Lipinski definition) is 2. The topological polar surface area (TPSA) is 29.3 Å². The van der Waals surface area contributed by atoms with Crippen molar-refractivity contribution in [3.8, 4) is 0 Å². The normalized spacial score (nSPS) is 18.9. The first-order valence-corrected chi connectivity index (χ1v) is 6.83. The molecule has 1 aromatic rings. The van der Waals surface area contributed by atoms with Crippen molar-refractivity contribution in [2.45, 2.75) is 38.3 Å². The molecule has 1 aliphatic rings.